The van der Waals surface area contributed by atoms with Crippen LogP contribution in [0.1, 0.15) is 5.69 Å². The van der Waals surface area contributed by atoms with Gasteiger partial charge in [0.25, 0.3) is 15.7 Å². The van der Waals surface area contributed by atoms with E-state index in [1.165, 1.54) is 12.1 Å². The number of rotatable bonds is 5. The molecule has 2 N–H and O–H groups in total. The molecular formula is C11H12N4O4S2. The lowest BCUT2D eigenvalue weighted by atomic mass is 10.3. The molecule has 1 aromatic carbocycles. The Morgan fingerprint density at radius 1 is 1.38 bits per heavy atom. The minimum absolute atomic E-state index is 0.164. The minimum Gasteiger partial charge on any atom is -0.388 e. The minimum atomic E-state index is -4.09. The monoisotopic (exact) mass is 328 g/mol. The lowest BCUT2D eigenvalue weighted by molar-refractivity contribution is -0.387. The molecule has 8 nitrogen and oxygen atoms in total. The molecule has 2 rings (SSSR count). The van der Waals surface area contributed by atoms with Crippen LogP contribution in [0.2, 0.25) is 0 Å². The number of hydrogen-bond acceptors (Lipinski definition) is 7. The molecule has 0 aliphatic rings. The van der Waals surface area contributed by atoms with Crippen LogP contribution in [0.4, 0.5) is 16.5 Å². The van der Waals surface area contributed by atoms with E-state index in [2.05, 4.69) is 15.0 Å². The molecule has 0 amide bonds. The summed E-state index contributed by atoms with van der Waals surface area (Å²) in [5.74, 6) is 0. The van der Waals surface area contributed by atoms with Crippen LogP contribution >= 0.6 is 11.3 Å². The number of nitro benzene ring substituents is 1. The van der Waals surface area contributed by atoms with Crippen LogP contribution in [0, 0.1) is 17.0 Å². The predicted molar refractivity (Wildman–Crippen MR) is 80.3 cm³/mol. The molecule has 0 unspecified atom stereocenters. The molecule has 0 bridgehead atoms. The van der Waals surface area contributed by atoms with E-state index in [4.69, 9.17) is 0 Å². The summed E-state index contributed by atoms with van der Waals surface area (Å²) in [6.07, 6.45) is 0. The number of aryl methyl sites for hydroxylation is 1. The van der Waals surface area contributed by atoms with E-state index >= 15 is 0 Å². The van der Waals surface area contributed by atoms with Gasteiger partial charge < -0.3 is 5.32 Å². The van der Waals surface area contributed by atoms with Gasteiger partial charge in [0, 0.05) is 24.2 Å². The summed E-state index contributed by atoms with van der Waals surface area (Å²) >= 11 is 1.11. The van der Waals surface area contributed by atoms with E-state index in [0.717, 1.165) is 17.4 Å². The van der Waals surface area contributed by atoms with E-state index in [1.54, 1.807) is 19.4 Å². The molecule has 0 saturated heterocycles. The smallest absolute Gasteiger partial charge is 0.290 e. The fraction of sp³-hybridized carbons (Fsp3) is 0.182. The van der Waals surface area contributed by atoms with Crippen molar-refractivity contribution in [3.05, 3.63) is 39.4 Å². The van der Waals surface area contributed by atoms with Gasteiger partial charge >= 0.3 is 0 Å². The summed E-state index contributed by atoms with van der Waals surface area (Å²) in [6, 6.07) is 3.79. The summed E-state index contributed by atoms with van der Waals surface area (Å²) < 4.78 is 26.9. The molecule has 0 saturated carbocycles. The zero-order valence-electron chi connectivity index (χ0n) is 11.2. The molecular weight excluding hydrogens is 316 g/mol. The van der Waals surface area contributed by atoms with E-state index in [0.29, 0.717) is 11.4 Å². The number of nitrogens with one attached hydrogen (secondary N) is 2. The molecule has 0 aliphatic carbocycles. The van der Waals surface area contributed by atoms with Crippen molar-refractivity contribution in [1.82, 2.24) is 4.98 Å². The Labute approximate surface area is 125 Å². The largest absolute Gasteiger partial charge is 0.388 e. The van der Waals surface area contributed by atoms with Crippen molar-refractivity contribution in [2.75, 3.05) is 17.1 Å². The maximum absolute atomic E-state index is 12.3. The average Bonchev–Trinajstić information content (AvgIpc) is 2.82. The Kier molecular flexibility index (Phi) is 4.09. The highest BCUT2D eigenvalue weighted by molar-refractivity contribution is 7.93. The van der Waals surface area contributed by atoms with Crippen molar-refractivity contribution >= 4 is 37.9 Å². The zero-order chi connectivity index (χ0) is 15.6. The first kappa shape index (κ1) is 15.2. The van der Waals surface area contributed by atoms with Crippen molar-refractivity contribution in [3.8, 4) is 0 Å². The van der Waals surface area contributed by atoms with E-state index in [-0.39, 0.29) is 5.13 Å². The van der Waals surface area contributed by atoms with E-state index in [1.807, 2.05) is 0 Å². The molecule has 2 aromatic rings. The highest BCUT2D eigenvalue weighted by Gasteiger charge is 2.27. The third-order valence-corrected chi connectivity index (χ3v) is 4.95. The number of sulfonamides is 1. The highest BCUT2D eigenvalue weighted by Crippen LogP contribution is 2.29. The predicted octanol–water partition coefficient (Wildman–Crippen LogP) is 2.20. The molecule has 10 heteroatoms. The lowest BCUT2D eigenvalue weighted by Crippen LogP contribution is -2.15. The molecule has 0 spiro atoms. The van der Waals surface area contributed by atoms with Crippen LogP contribution in [0.15, 0.2) is 28.5 Å². The maximum atomic E-state index is 12.3. The van der Waals surface area contributed by atoms with Crippen molar-refractivity contribution in [2.45, 2.75) is 11.8 Å². The summed E-state index contributed by atoms with van der Waals surface area (Å²) in [4.78, 5) is 13.8. The molecule has 0 radical (unpaired) electrons. The first-order valence-corrected chi connectivity index (χ1v) is 8.11. The maximum Gasteiger partial charge on any atom is 0.290 e. The molecule has 1 aromatic heterocycles. The van der Waals surface area contributed by atoms with Crippen molar-refractivity contribution in [2.24, 2.45) is 0 Å². The number of benzene rings is 1. The van der Waals surface area contributed by atoms with Crippen LogP contribution in [-0.4, -0.2) is 25.4 Å². The SMILES string of the molecule is CNc1ccc([N+](=O)[O-])c(S(=O)(=O)Nc2nc(C)cs2)c1. The Morgan fingerprint density at radius 3 is 2.62 bits per heavy atom. The van der Waals surface area contributed by atoms with Gasteiger partial charge in [-0.05, 0) is 19.1 Å². The van der Waals surface area contributed by atoms with Crippen molar-refractivity contribution < 1.29 is 13.3 Å². The Hall–Kier alpha value is -2.20. The number of nitrogens with zero attached hydrogens (tertiary/aromatic N) is 2. The Morgan fingerprint density at radius 2 is 2.10 bits per heavy atom. The fourth-order valence-corrected chi connectivity index (χ4v) is 3.75. The van der Waals surface area contributed by atoms with Crippen LogP contribution < -0.4 is 10.0 Å². The standard InChI is InChI=1S/C11H12N4O4S2/c1-7-6-20-11(13-7)14-21(18,19)10-5-8(12-2)3-4-9(10)15(16)17/h3-6,12H,1-2H3,(H,13,14). The first-order chi connectivity index (χ1) is 9.83. The molecule has 0 atom stereocenters. The average molecular weight is 328 g/mol. The van der Waals surface area contributed by atoms with Crippen molar-refractivity contribution in [1.29, 1.82) is 0 Å². The summed E-state index contributed by atoms with van der Waals surface area (Å²) in [5, 5.41) is 15.6. The Balaban J connectivity index is 2.49. The van der Waals surface area contributed by atoms with Gasteiger partial charge in [-0.2, -0.15) is 0 Å². The van der Waals surface area contributed by atoms with Gasteiger partial charge in [0.2, 0.25) is 0 Å². The van der Waals surface area contributed by atoms with Crippen LogP contribution in [0.25, 0.3) is 0 Å². The van der Waals surface area contributed by atoms with Crippen LogP contribution in [0.3, 0.4) is 0 Å². The van der Waals surface area contributed by atoms with Crippen molar-refractivity contribution in [3.63, 3.8) is 0 Å². The number of hydrogen-bond donors (Lipinski definition) is 2. The lowest BCUT2D eigenvalue weighted by Gasteiger charge is -2.08. The second-order valence-corrected chi connectivity index (χ2v) is 6.60. The normalized spacial score (nSPS) is 11.1. The van der Waals surface area contributed by atoms with Gasteiger partial charge in [0.1, 0.15) is 0 Å². The first-order valence-electron chi connectivity index (χ1n) is 5.74. The van der Waals surface area contributed by atoms with E-state index in [9.17, 15) is 18.5 Å². The summed E-state index contributed by atoms with van der Waals surface area (Å²) in [5.41, 5.74) is 0.627. The van der Waals surface area contributed by atoms with Gasteiger partial charge in [-0.1, -0.05) is 0 Å². The topological polar surface area (TPSA) is 114 Å². The van der Waals surface area contributed by atoms with Crippen LogP contribution in [0.5, 0.6) is 0 Å². The third-order valence-electron chi connectivity index (χ3n) is 2.58. The number of aromatic nitrogens is 1. The number of nitro groups is 1. The van der Waals surface area contributed by atoms with Gasteiger partial charge in [-0.25, -0.2) is 13.4 Å². The van der Waals surface area contributed by atoms with Crippen LogP contribution in [-0.2, 0) is 10.0 Å². The zero-order valence-corrected chi connectivity index (χ0v) is 12.8. The second-order valence-electron chi connectivity index (χ2n) is 4.09. The second kappa shape index (κ2) is 5.66. The van der Waals surface area contributed by atoms with Gasteiger partial charge in [0.15, 0.2) is 10.0 Å². The summed E-state index contributed by atoms with van der Waals surface area (Å²) in [7, 11) is -2.50. The number of thiazole rings is 1. The molecule has 112 valence electrons. The van der Waals surface area contributed by atoms with Gasteiger partial charge in [0.05, 0.1) is 10.6 Å². The molecule has 0 aliphatic heterocycles. The number of anilines is 2. The highest BCUT2D eigenvalue weighted by atomic mass is 32.2. The summed E-state index contributed by atoms with van der Waals surface area (Å²) in [6.45, 7) is 1.72. The Bertz CT molecular complexity index is 785. The molecule has 1 heterocycles. The van der Waals surface area contributed by atoms with E-state index < -0.39 is 25.5 Å². The fourth-order valence-electron chi connectivity index (χ4n) is 1.61. The molecule has 21 heavy (non-hydrogen) atoms. The third kappa shape index (κ3) is 3.28. The van der Waals surface area contributed by atoms with Gasteiger partial charge in [-0.15, -0.1) is 11.3 Å². The van der Waals surface area contributed by atoms with Gasteiger partial charge in [-0.3, -0.25) is 14.8 Å². The molecule has 0 fully saturated rings. The quantitative estimate of drug-likeness (QED) is 0.642.